The molecule has 7 heteroatoms. The van der Waals surface area contributed by atoms with Gasteiger partial charge in [-0.25, -0.2) is 0 Å². The zero-order chi connectivity index (χ0) is 16.8. The van der Waals surface area contributed by atoms with Crippen molar-refractivity contribution in [2.75, 3.05) is 67.2 Å². The highest BCUT2D eigenvalue weighted by atomic mass is 127. The fraction of sp³-hybridized carbons (Fsp3) is 0.938. The van der Waals surface area contributed by atoms with Crippen LogP contribution in [0.1, 0.15) is 27.2 Å². The quantitative estimate of drug-likeness (QED) is 0.208. The van der Waals surface area contributed by atoms with Crippen molar-refractivity contribution < 1.29 is 9.47 Å². The lowest BCUT2D eigenvalue weighted by Crippen LogP contribution is -2.39. The molecule has 0 aliphatic rings. The predicted octanol–water partition coefficient (Wildman–Crippen LogP) is 1.80. The maximum atomic E-state index is 5.44. The number of nitrogens with one attached hydrogen (secondary N) is 2. The molecule has 0 saturated carbocycles. The summed E-state index contributed by atoms with van der Waals surface area (Å²) in [5, 5.41) is 6.64. The third kappa shape index (κ3) is 16.5. The Kier molecular flexibility index (Phi) is 16.8. The summed E-state index contributed by atoms with van der Waals surface area (Å²) in [5.41, 5.74) is 0.162. The highest BCUT2D eigenvalue weighted by Crippen LogP contribution is 2.15. The molecular formula is C16H37IN4O2. The van der Waals surface area contributed by atoms with Crippen molar-refractivity contribution in [3.8, 4) is 0 Å². The van der Waals surface area contributed by atoms with E-state index >= 15 is 0 Å². The first-order valence-electron chi connectivity index (χ1n) is 8.15. The number of ether oxygens (including phenoxy) is 2. The van der Waals surface area contributed by atoms with E-state index in [0.29, 0.717) is 13.2 Å². The van der Waals surface area contributed by atoms with E-state index in [1.54, 1.807) is 7.11 Å². The molecule has 0 fully saturated rings. The second kappa shape index (κ2) is 15.4. The largest absolute Gasteiger partial charge is 0.382 e. The van der Waals surface area contributed by atoms with Gasteiger partial charge in [-0.3, -0.25) is 4.99 Å². The fourth-order valence-corrected chi connectivity index (χ4v) is 2.17. The SMILES string of the molecule is CCNC(=NCC(C)(C)CN(C)C)NCCCOCCOC.I. The number of rotatable bonds is 12. The van der Waals surface area contributed by atoms with Crippen LogP contribution in [-0.4, -0.2) is 78.1 Å². The van der Waals surface area contributed by atoms with Gasteiger partial charge in [0.05, 0.1) is 13.2 Å². The Labute approximate surface area is 159 Å². The average molecular weight is 444 g/mol. The normalized spacial score (nSPS) is 12.2. The van der Waals surface area contributed by atoms with Crippen LogP contribution in [0.2, 0.25) is 0 Å². The molecule has 0 amide bonds. The molecule has 140 valence electrons. The number of halogens is 1. The van der Waals surface area contributed by atoms with Gasteiger partial charge in [0.1, 0.15) is 0 Å². The van der Waals surface area contributed by atoms with Crippen molar-refractivity contribution in [2.45, 2.75) is 27.2 Å². The lowest BCUT2D eigenvalue weighted by molar-refractivity contribution is 0.0698. The van der Waals surface area contributed by atoms with Crippen LogP contribution in [0.15, 0.2) is 4.99 Å². The van der Waals surface area contributed by atoms with Gasteiger partial charge in [0, 0.05) is 39.9 Å². The molecule has 0 atom stereocenters. The number of hydrogen-bond donors (Lipinski definition) is 2. The molecule has 23 heavy (non-hydrogen) atoms. The first-order valence-corrected chi connectivity index (χ1v) is 8.15. The van der Waals surface area contributed by atoms with Gasteiger partial charge in [0.2, 0.25) is 0 Å². The maximum absolute atomic E-state index is 5.44. The van der Waals surface area contributed by atoms with E-state index in [2.05, 4.69) is 50.4 Å². The van der Waals surface area contributed by atoms with E-state index in [0.717, 1.165) is 45.2 Å². The second-order valence-electron chi connectivity index (χ2n) is 6.48. The van der Waals surface area contributed by atoms with E-state index in [4.69, 9.17) is 14.5 Å². The summed E-state index contributed by atoms with van der Waals surface area (Å²) in [7, 11) is 5.87. The molecular weight excluding hydrogens is 407 g/mol. The maximum Gasteiger partial charge on any atom is 0.191 e. The number of nitrogens with zero attached hydrogens (tertiary/aromatic N) is 2. The van der Waals surface area contributed by atoms with Gasteiger partial charge in [0.25, 0.3) is 0 Å². The lowest BCUT2D eigenvalue weighted by Gasteiger charge is -2.26. The zero-order valence-electron chi connectivity index (χ0n) is 15.8. The minimum Gasteiger partial charge on any atom is -0.382 e. The third-order valence-electron chi connectivity index (χ3n) is 2.94. The number of hydrogen-bond acceptors (Lipinski definition) is 4. The van der Waals surface area contributed by atoms with Crippen LogP contribution in [0.5, 0.6) is 0 Å². The summed E-state index contributed by atoms with van der Waals surface area (Å²) in [5.74, 6) is 0.881. The minimum atomic E-state index is 0. The molecule has 0 heterocycles. The Balaban J connectivity index is 0. The Morgan fingerprint density at radius 2 is 1.83 bits per heavy atom. The van der Waals surface area contributed by atoms with Crippen LogP contribution in [0.25, 0.3) is 0 Å². The topological polar surface area (TPSA) is 58.1 Å². The first kappa shape index (κ1) is 25.1. The van der Waals surface area contributed by atoms with Gasteiger partial charge < -0.3 is 25.0 Å². The summed E-state index contributed by atoms with van der Waals surface area (Å²) in [6.45, 7) is 12.1. The predicted molar refractivity (Wildman–Crippen MR) is 109 cm³/mol. The van der Waals surface area contributed by atoms with E-state index in [1.165, 1.54) is 0 Å². The van der Waals surface area contributed by atoms with E-state index in [9.17, 15) is 0 Å². The van der Waals surface area contributed by atoms with Crippen molar-refractivity contribution in [2.24, 2.45) is 10.4 Å². The van der Waals surface area contributed by atoms with Crippen LogP contribution in [0.4, 0.5) is 0 Å². The Bertz CT molecular complexity index is 300. The molecule has 0 aromatic rings. The molecule has 2 N–H and O–H groups in total. The van der Waals surface area contributed by atoms with Crippen LogP contribution >= 0.6 is 24.0 Å². The first-order chi connectivity index (χ1) is 10.4. The van der Waals surface area contributed by atoms with Crippen LogP contribution in [0.3, 0.4) is 0 Å². The summed E-state index contributed by atoms with van der Waals surface area (Å²) in [6.07, 6.45) is 0.954. The molecule has 0 rings (SSSR count). The average Bonchev–Trinajstić information content (AvgIpc) is 2.42. The van der Waals surface area contributed by atoms with E-state index < -0.39 is 0 Å². The van der Waals surface area contributed by atoms with Gasteiger partial charge >= 0.3 is 0 Å². The van der Waals surface area contributed by atoms with Crippen LogP contribution in [-0.2, 0) is 9.47 Å². The number of guanidine groups is 1. The highest BCUT2D eigenvalue weighted by Gasteiger charge is 2.18. The van der Waals surface area contributed by atoms with Gasteiger partial charge in [-0.05, 0) is 32.9 Å². The van der Waals surface area contributed by atoms with Crippen molar-refractivity contribution in [3.05, 3.63) is 0 Å². The number of aliphatic imine (C=N–C) groups is 1. The molecule has 6 nitrogen and oxygen atoms in total. The highest BCUT2D eigenvalue weighted by molar-refractivity contribution is 14.0. The van der Waals surface area contributed by atoms with Crippen molar-refractivity contribution in [1.29, 1.82) is 0 Å². The van der Waals surface area contributed by atoms with Crippen molar-refractivity contribution in [1.82, 2.24) is 15.5 Å². The molecule has 0 aromatic heterocycles. The third-order valence-corrected chi connectivity index (χ3v) is 2.94. The lowest BCUT2D eigenvalue weighted by atomic mass is 9.93. The summed E-state index contributed by atoms with van der Waals surface area (Å²) < 4.78 is 10.4. The molecule has 0 aromatic carbocycles. The Hall–Kier alpha value is -0.120. The molecule has 0 radical (unpaired) electrons. The second-order valence-corrected chi connectivity index (χ2v) is 6.48. The Morgan fingerprint density at radius 1 is 1.13 bits per heavy atom. The van der Waals surface area contributed by atoms with Crippen LogP contribution < -0.4 is 10.6 Å². The standard InChI is InChI=1S/C16H36N4O2.HI/c1-7-17-15(18-9-8-10-22-12-11-21-6)19-13-16(2,3)14-20(4)5;/h7-14H2,1-6H3,(H2,17,18,19);1H. The molecule has 0 saturated heterocycles. The molecule has 0 aliphatic heterocycles. The molecule has 0 unspecified atom stereocenters. The monoisotopic (exact) mass is 444 g/mol. The van der Waals surface area contributed by atoms with Gasteiger partial charge in [-0.2, -0.15) is 0 Å². The van der Waals surface area contributed by atoms with E-state index in [1.807, 2.05) is 0 Å². The van der Waals surface area contributed by atoms with Gasteiger partial charge in [-0.1, -0.05) is 13.8 Å². The molecule has 0 spiro atoms. The molecule has 0 aliphatic carbocycles. The summed E-state index contributed by atoms with van der Waals surface area (Å²) in [4.78, 5) is 6.89. The Morgan fingerprint density at radius 3 is 2.39 bits per heavy atom. The van der Waals surface area contributed by atoms with Crippen molar-refractivity contribution >= 4 is 29.9 Å². The van der Waals surface area contributed by atoms with Gasteiger partial charge in [-0.15, -0.1) is 24.0 Å². The summed E-state index contributed by atoms with van der Waals surface area (Å²) in [6, 6.07) is 0. The zero-order valence-corrected chi connectivity index (χ0v) is 18.1. The molecule has 0 bridgehead atoms. The minimum absolute atomic E-state index is 0. The van der Waals surface area contributed by atoms with Crippen molar-refractivity contribution in [3.63, 3.8) is 0 Å². The smallest absolute Gasteiger partial charge is 0.191 e. The van der Waals surface area contributed by atoms with Crippen LogP contribution in [0, 0.1) is 5.41 Å². The van der Waals surface area contributed by atoms with E-state index in [-0.39, 0.29) is 29.4 Å². The van der Waals surface area contributed by atoms with Gasteiger partial charge in [0.15, 0.2) is 5.96 Å². The fourth-order valence-electron chi connectivity index (χ4n) is 2.17. The number of methoxy groups -OCH3 is 1. The summed E-state index contributed by atoms with van der Waals surface area (Å²) >= 11 is 0.